The maximum atomic E-state index is 12.2. The molecule has 1 aliphatic heterocycles. The van der Waals surface area contributed by atoms with Crippen LogP contribution in [0.25, 0.3) is 0 Å². The number of rotatable bonds is 7. The van der Waals surface area contributed by atoms with E-state index in [9.17, 15) is 16.8 Å². The summed E-state index contributed by atoms with van der Waals surface area (Å²) in [7, 11) is -7.63. The normalized spacial score (nSPS) is 15.9. The van der Waals surface area contributed by atoms with E-state index in [0.717, 1.165) is 37.5 Å². The maximum Gasteiger partial charge on any atom is 0.238 e. The van der Waals surface area contributed by atoms with Crippen LogP contribution >= 0.6 is 0 Å². The highest BCUT2D eigenvalue weighted by molar-refractivity contribution is 7.91. The summed E-state index contributed by atoms with van der Waals surface area (Å²) in [5.41, 5.74) is 2.63. The van der Waals surface area contributed by atoms with E-state index in [1.165, 1.54) is 37.0 Å². The minimum Gasteiger partial charge on any atom is -0.380 e. The van der Waals surface area contributed by atoms with Gasteiger partial charge in [-0.25, -0.2) is 22.0 Å². The van der Waals surface area contributed by atoms with Crippen molar-refractivity contribution in [3.05, 3.63) is 53.6 Å². The summed E-state index contributed by atoms with van der Waals surface area (Å²) < 4.78 is 47.6. The molecule has 29 heavy (non-hydrogen) atoms. The third-order valence-corrected chi connectivity index (χ3v) is 7.16. The van der Waals surface area contributed by atoms with Crippen molar-refractivity contribution in [2.75, 3.05) is 24.7 Å². The largest absolute Gasteiger partial charge is 0.380 e. The Bertz CT molecular complexity index is 1080. The molecule has 1 heterocycles. The molecule has 0 aliphatic carbocycles. The van der Waals surface area contributed by atoms with Gasteiger partial charge in [0.25, 0.3) is 0 Å². The van der Waals surface area contributed by atoms with Crippen LogP contribution in [0, 0.1) is 0 Å². The molecule has 0 atom stereocenters. The van der Waals surface area contributed by atoms with Gasteiger partial charge in [0, 0.05) is 19.3 Å². The van der Waals surface area contributed by atoms with Crippen LogP contribution in [-0.2, 0) is 33.0 Å². The molecule has 1 aliphatic rings. The van der Waals surface area contributed by atoms with Gasteiger partial charge in [0.1, 0.15) is 0 Å². The van der Waals surface area contributed by atoms with Crippen molar-refractivity contribution in [2.24, 2.45) is 5.14 Å². The summed E-state index contributed by atoms with van der Waals surface area (Å²) in [6, 6.07) is 11.9. The Labute approximate surface area is 172 Å². The van der Waals surface area contributed by atoms with E-state index >= 15 is 0 Å². The van der Waals surface area contributed by atoms with Gasteiger partial charge in [0.2, 0.25) is 10.0 Å². The molecule has 0 unspecified atom stereocenters. The van der Waals surface area contributed by atoms with Crippen LogP contribution in [0.4, 0.5) is 5.69 Å². The zero-order valence-electron chi connectivity index (χ0n) is 16.5. The Balaban J connectivity index is 1.83. The number of sulfonamides is 1. The van der Waals surface area contributed by atoms with Crippen molar-refractivity contribution in [2.45, 2.75) is 42.1 Å². The molecule has 0 aromatic heterocycles. The van der Waals surface area contributed by atoms with Gasteiger partial charge >= 0.3 is 0 Å². The first-order valence-corrected chi connectivity index (χ1v) is 13.0. The summed E-state index contributed by atoms with van der Waals surface area (Å²) in [4.78, 5) is 2.12. The number of benzene rings is 2. The van der Waals surface area contributed by atoms with E-state index in [1.54, 1.807) is 0 Å². The molecule has 3 rings (SSSR count). The molecule has 1 saturated heterocycles. The highest BCUT2D eigenvalue weighted by Gasteiger charge is 2.19. The molecule has 2 aromatic rings. The average molecular weight is 438 g/mol. The van der Waals surface area contributed by atoms with Crippen LogP contribution < -0.4 is 10.5 Å². The number of nitrogens with zero attached hydrogens (tertiary/aromatic N) is 1. The highest BCUT2D eigenvalue weighted by atomic mass is 32.2. The Hall–Kier alpha value is -1.94. The highest BCUT2D eigenvalue weighted by Crippen LogP contribution is 2.26. The van der Waals surface area contributed by atoms with Crippen LogP contribution in [0.5, 0.6) is 0 Å². The van der Waals surface area contributed by atoms with Gasteiger partial charge < -0.3 is 5.32 Å². The van der Waals surface area contributed by atoms with Gasteiger partial charge in [-0.3, -0.25) is 4.90 Å². The maximum absolute atomic E-state index is 12.2. The fraction of sp³-hybridized carbons (Fsp3) is 0.400. The van der Waals surface area contributed by atoms with E-state index < -0.39 is 19.9 Å². The van der Waals surface area contributed by atoms with Crippen molar-refractivity contribution >= 4 is 25.5 Å². The number of sulfone groups is 1. The number of nitrogens with two attached hydrogens (primary N) is 1. The molecule has 0 bridgehead atoms. The van der Waals surface area contributed by atoms with E-state index in [0.29, 0.717) is 12.2 Å². The average Bonchev–Trinajstić information content (AvgIpc) is 2.66. The van der Waals surface area contributed by atoms with Gasteiger partial charge in [0.15, 0.2) is 9.84 Å². The van der Waals surface area contributed by atoms with Crippen LogP contribution in [-0.4, -0.2) is 41.1 Å². The second-order valence-electron chi connectivity index (χ2n) is 7.43. The number of primary sulfonamides is 1. The fourth-order valence-corrected chi connectivity index (χ4v) is 5.06. The van der Waals surface area contributed by atoms with Crippen LogP contribution in [0.1, 0.15) is 30.4 Å². The molecule has 3 N–H and O–H groups in total. The molecule has 9 heteroatoms. The van der Waals surface area contributed by atoms with Crippen LogP contribution in [0.15, 0.2) is 52.3 Å². The Morgan fingerprint density at radius 1 is 0.966 bits per heavy atom. The van der Waals surface area contributed by atoms with Crippen LogP contribution in [0.2, 0.25) is 0 Å². The van der Waals surface area contributed by atoms with Gasteiger partial charge in [-0.15, -0.1) is 0 Å². The third-order valence-electron chi connectivity index (χ3n) is 5.11. The molecule has 158 valence electrons. The number of piperidine rings is 1. The molecule has 0 spiro atoms. The first-order chi connectivity index (χ1) is 13.6. The van der Waals surface area contributed by atoms with Crippen molar-refractivity contribution in [1.82, 2.24) is 4.90 Å². The predicted molar refractivity (Wildman–Crippen MR) is 114 cm³/mol. The topological polar surface area (TPSA) is 110 Å². The standard InChI is InChI=1S/C20H27N3O4S2/c1-28(24,25)20-13-18(29(21,26)27)9-10-19(20)22-14-16-7-3-4-8-17(16)15-23-11-5-2-6-12-23/h3-4,7-10,13,22H,2,5-6,11-12,14-15H2,1H3,(H2,21,26,27). The Morgan fingerprint density at radius 2 is 1.62 bits per heavy atom. The second kappa shape index (κ2) is 8.83. The Morgan fingerprint density at radius 3 is 2.24 bits per heavy atom. The number of anilines is 1. The lowest BCUT2D eigenvalue weighted by molar-refractivity contribution is 0.220. The van der Waals surface area contributed by atoms with E-state index in [-0.39, 0.29) is 9.79 Å². The minimum absolute atomic E-state index is 0.0856. The van der Waals surface area contributed by atoms with Gasteiger partial charge in [-0.1, -0.05) is 30.7 Å². The zero-order chi connectivity index (χ0) is 21.1. The number of hydrogen-bond donors (Lipinski definition) is 2. The summed E-state index contributed by atoms with van der Waals surface area (Å²) in [6.07, 6.45) is 4.76. The molecular formula is C20H27N3O4S2. The monoisotopic (exact) mass is 437 g/mol. The lowest BCUT2D eigenvalue weighted by atomic mass is 10.0. The first-order valence-electron chi connectivity index (χ1n) is 9.54. The zero-order valence-corrected chi connectivity index (χ0v) is 18.1. The summed E-state index contributed by atoms with van der Waals surface area (Å²) in [5, 5.41) is 8.30. The van der Waals surface area contributed by atoms with Gasteiger partial charge in [0.05, 0.1) is 15.5 Å². The van der Waals surface area contributed by atoms with Crippen molar-refractivity contribution in [3.63, 3.8) is 0 Å². The fourth-order valence-electron chi connectivity index (χ4n) is 3.57. The lowest BCUT2D eigenvalue weighted by Gasteiger charge is -2.27. The molecule has 0 radical (unpaired) electrons. The SMILES string of the molecule is CS(=O)(=O)c1cc(S(N)(=O)=O)ccc1NCc1ccccc1CN1CCCCC1. The summed E-state index contributed by atoms with van der Waals surface area (Å²) in [5.74, 6) is 0. The van der Waals surface area contributed by atoms with Gasteiger partial charge in [-0.05, 0) is 55.3 Å². The van der Waals surface area contributed by atoms with Crippen LogP contribution in [0.3, 0.4) is 0 Å². The van der Waals surface area contributed by atoms with E-state index in [1.807, 2.05) is 18.2 Å². The smallest absolute Gasteiger partial charge is 0.238 e. The quantitative estimate of drug-likeness (QED) is 0.688. The van der Waals surface area contributed by atoms with Gasteiger partial charge in [-0.2, -0.15) is 0 Å². The summed E-state index contributed by atoms with van der Waals surface area (Å²) in [6.45, 7) is 3.48. The predicted octanol–water partition coefficient (Wildman–Crippen LogP) is 2.34. The van der Waals surface area contributed by atoms with E-state index in [2.05, 4.69) is 16.3 Å². The molecule has 2 aromatic carbocycles. The minimum atomic E-state index is -3.99. The molecular weight excluding hydrogens is 410 g/mol. The number of hydrogen-bond acceptors (Lipinski definition) is 6. The van der Waals surface area contributed by atoms with Crippen molar-refractivity contribution in [1.29, 1.82) is 0 Å². The first kappa shape index (κ1) is 21.8. The van der Waals surface area contributed by atoms with E-state index in [4.69, 9.17) is 5.14 Å². The summed E-state index contributed by atoms with van der Waals surface area (Å²) >= 11 is 0. The number of likely N-dealkylation sites (tertiary alicyclic amines) is 1. The number of nitrogens with one attached hydrogen (secondary N) is 1. The molecule has 7 nitrogen and oxygen atoms in total. The molecule has 1 fully saturated rings. The molecule has 0 amide bonds. The third kappa shape index (κ3) is 5.79. The lowest BCUT2D eigenvalue weighted by Crippen LogP contribution is -2.29. The Kier molecular flexibility index (Phi) is 6.62. The second-order valence-corrected chi connectivity index (χ2v) is 11.0. The molecule has 0 saturated carbocycles. The van der Waals surface area contributed by atoms with Crippen molar-refractivity contribution in [3.8, 4) is 0 Å². The van der Waals surface area contributed by atoms with Crippen molar-refractivity contribution < 1.29 is 16.8 Å².